The maximum atomic E-state index is 12.1. The Hall–Kier alpha value is -2.68. The molecule has 0 aliphatic carbocycles. The molecule has 0 unspecified atom stereocenters. The summed E-state index contributed by atoms with van der Waals surface area (Å²) in [5.74, 6) is -0.910. The lowest BCUT2D eigenvalue weighted by atomic mass is 10.1. The molecule has 0 atom stereocenters. The van der Waals surface area contributed by atoms with Crippen LogP contribution in [0.15, 0.2) is 66.2 Å². The van der Waals surface area contributed by atoms with E-state index in [4.69, 9.17) is 4.74 Å². The Morgan fingerprint density at radius 1 is 0.952 bits per heavy atom. The summed E-state index contributed by atoms with van der Waals surface area (Å²) in [6.07, 6.45) is 1.55. The van der Waals surface area contributed by atoms with E-state index in [9.17, 15) is 9.59 Å². The standard InChI is InChI=1S/C18H16O3/c1-14(19)17(12-15-8-4-2-5-9-15)18(20)21-13-16-10-6-3-7-11-16/h2-12H,13H2,1H3/b17-12+. The summed E-state index contributed by atoms with van der Waals surface area (Å²) in [6.45, 7) is 1.51. The fourth-order valence-electron chi connectivity index (χ4n) is 1.82. The number of ether oxygens (including phenoxy) is 1. The second kappa shape index (κ2) is 7.20. The van der Waals surface area contributed by atoms with Crippen molar-refractivity contribution in [1.29, 1.82) is 0 Å². The molecule has 0 bridgehead atoms. The lowest BCUT2D eigenvalue weighted by molar-refractivity contribution is -0.141. The maximum Gasteiger partial charge on any atom is 0.342 e. The Morgan fingerprint density at radius 2 is 1.52 bits per heavy atom. The highest BCUT2D eigenvalue weighted by molar-refractivity contribution is 6.19. The van der Waals surface area contributed by atoms with Gasteiger partial charge in [-0.1, -0.05) is 60.7 Å². The van der Waals surface area contributed by atoms with Gasteiger partial charge in [-0.15, -0.1) is 0 Å². The molecule has 0 saturated carbocycles. The van der Waals surface area contributed by atoms with Crippen LogP contribution >= 0.6 is 0 Å². The number of hydrogen-bond donors (Lipinski definition) is 0. The molecule has 0 radical (unpaired) electrons. The highest BCUT2D eigenvalue weighted by atomic mass is 16.5. The minimum absolute atomic E-state index is 0.0529. The lowest BCUT2D eigenvalue weighted by Crippen LogP contribution is -2.13. The van der Waals surface area contributed by atoms with Gasteiger partial charge in [0.25, 0.3) is 0 Å². The average molecular weight is 280 g/mol. The van der Waals surface area contributed by atoms with Gasteiger partial charge in [0.2, 0.25) is 0 Å². The number of esters is 1. The minimum atomic E-state index is -0.602. The summed E-state index contributed by atoms with van der Waals surface area (Å²) in [5, 5.41) is 0. The Bertz CT molecular complexity index is 643. The van der Waals surface area contributed by atoms with Gasteiger partial charge in [-0.05, 0) is 24.1 Å². The van der Waals surface area contributed by atoms with E-state index in [-0.39, 0.29) is 18.0 Å². The molecular formula is C18H16O3. The Kier molecular flexibility index (Phi) is 5.04. The molecular weight excluding hydrogens is 264 g/mol. The number of carbonyl (C=O) groups is 2. The quantitative estimate of drug-likeness (QED) is 0.365. The molecule has 0 fully saturated rings. The molecule has 0 N–H and O–H groups in total. The molecule has 0 aliphatic rings. The summed E-state index contributed by atoms with van der Waals surface area (Å²) in [6, 6.07) is 18.6. The molecule has 21 heavy (non-hydrogen) atoms. The van der Waals surface area contributed by atoms with Crippen molar-refractivity contribution < 1.29 is 14.3 Å². The van der Waals surface area contributed by atoms with E-state index in [0.29, 0.717) is 0 Å². The maximum absolute atomic E-state index is 12.1. The zero-order valence-electron chi connectivity index (χ0n) is 11.8. The third-order valence-electron chi connectivity index (χ3n) is 2.92. The predicted octanol–water partition coefficient (Wildman–Crippen LogP) is 3.40. The first-order chi connectivity index (χ1) is 10.2. The van der Waals surface area contributed by atoms with Crippen molar-refractivity contribution in [2.75, 3.05) is 0 Å². The van der Waals surface area contributed by atoms with E-state index in [1.165, 1.54) is 6.92 Å². The number of Topliss-reactive ketones (excluding diaryl/α,β-unsaturated/α-hetero) is 1. The van der Waals surface area contributed by atoms with Crippen molar-refractivity contribution in [3.05, 3.63) is 77.4 Å². The fraction of sp³-hybridized carbons (Fsp3) is 0.111. The van der Waals surface area contributed by atoms with Gasteiger partial charge in [-0.3, -0.25) is 4.79 Å². The van der Waals surface area contributed by atoms with Crippen LogP contribution in [-0.2, 0) is 20.9 Å². The Morgan fingerprint density at radius 3 is 2.10 bits per heavy atom. The van der Waals surface area contributed by atoms with Crippen molar-refractivity contribution in [3.63, 3.8) is 0 Å². The van der Waals surface area contributed by atoms with Crippen LogP contribution in [0.1, 0.15) is 18.1 Å². The first-order valence-electron chi connectivity index (χ1n) is 6.65. The van der Waals surface area contributed by atoms with Crippen molar-refractivity contribution in [3.8, 4) is 0 Å². The highest BCUT2D eigenvalue weighted by Crippen LogP contribution is 2.11. The van der Waals surface area contributed by atoms with Crippen LogP contribution in [0.25, 0.3) is 6.08 Å². The number of benzene rings is 2. The van der Waals surface area contributed by atoms with Gasteiger partial charge < -0.3 is 4.74 Å². The van der Waals surface area contributed by atoms with Gasteiger partial charge in [-0.25, -0.2) is 4.79 Å². The molecule has 2 aromatic carbocycles. The van der Waals surface area contributed by atoms with Gasteiger partial charge in [0, 0.05) is 0 Å². The molecule has 2 aromatic rings. The normalized spacial score (nSPS) is 11.0. The molecule has 0 aromatic heterocycles. The van der Waals surface area contributed by atoms with Crippen molar-refractivity contribution >= 4 is 17.8 Å². The van der Waals surface area contributed by atoms with E-state index in [2.05, 4.69) is 0 Å². The minimum Gasteiger partial charge on any atom is -0.457 e. The molecule has 0 amide bonds. The van der Waals surface area contributed by atoms with Gasteiger partial charge in [0.1, 0.15) is 12.2 Å². The SMILES string of the molecule is CC(=O)/C(=C\c1ccccc1)C(=O)OCc1ccccc1. The lowest BCUT2D eigenvalue weighted by Gasteiger charge is -2.06. The fourth-order valence-corrected chi connectivity index (χ4v) is 1.82. The first kappa shape index (κ1) is 14.7. The summed E-state index contributed by atoms with van der Waals surface area (Å²) in [4.78, 5) is 23.7. The first-order valence-corrected chi connectivity index (χ1v) is 6.65. The van der Waals surface area contributed by atoms with Gasteiger partial charge >= 0.3 is 5.97 Å². The van der Waals surface area contributed by atoms with E-state index < -0.39 is 5.97 Å². The average Bonchev–Trinajstić information content (AvgIpc) is 2.52. The van der Waals surface area contributed by atoms with Crippen LogP contribution in [0.3, 0.4) is 0 Å². The van der Waals surface area contributed by atoms with Crippen LogP contribution in [0.2, 0.25) is 0 Å². The van der Waals surface area contributed by atoms with Gasteiger partial charge in [0.05, 0.1) is 0 Å². The topological polar surface area (TPSA) is 43.4 Å². The number of hydrogen-bond acceptors (Lipinski definition) is 3. The molecule has 0 heterocycles. The summed E-state index contributed by atoms with van der Waals surface area (Å²) in [5.41, 5.74) is 1.73. The van der Waals surface area contributed by atoms with E-state index in [1.54, 1.807) is 6.08 Å². The molecule has 0 aliphatic heterocycles. The second-order valence-electron chi connectivity index (χ2n) is 4.59. The second-order valence-corrected chi connectivity index (χ2v) is 4.59. The third-order valence-corrected chi connectivity index (χ3v) is 2.92. The van der Waals surface area contributed by atoms with E-state index in [1.807, 2.05) is 60.7 Å². The number of carbonyl (C=O) groups excluding carboxylic acids is 2. The largest absolute Gasteiger partial charge is 0.457 e. The van der Waals surface area contributed by atoms with Crippen molar-refractivity contribution in [1.82, 2.24) is 0 Å². The Balaban J connectivity index is 2.10. The highest BCUT2D eigenvalue weighted by Gasteiger charge is 2.16. The number of rotatable bonds is 5. The monoisotopic (exact) mass is 280 g/mol. The van der Waals surface area contributed by atoms with Gasteiger partial charge in [-0.2, -0.15) is 0 Å². The van der Waals surface area contributed by atoms with E-state index >= 15 is 0 Å². The van der Waals surface area contributed by atoms with Crippen LogP contribution in [0, 0.1) is 0 Å². The smallest absolute Gasteiger partial charge is 0.342 e. The van der Waals surface area contributed by atoms with Crippen LogP contribution in [-0.4, -0.2) is 11.8 Å². The predicted molar refractivity (Wildman–Crippen MR) is 81.3 cm³/mol. The Labute approximate surface area is 123 Å². The molecule has 3 nitrogen and oxygen atoms in total. The number of ketones is 1. The molecule has 2 rings (SSSR count). The molecule has 3 heteroatoms. The summed E-state index contributed by atoms with van der Waals surface area (Å²) >= 11 is 0. The zero-order chi connectivity index (χ0) is 15.1. The summed E-state index contributed by atoms with van der Waals surface area (Å²) in [7, 11) is 0. The van der Waals surface area contributed by atoms with Crippen LogP contribution in [0.5, 0.6) is 0 Å². The van der Waals surface area contributed by atoms with Gasteiger partial charge in [0.15, 0.2) is 5.78 Å². The van der Waals surface area contributed by atoms with Crippen LogP contribution < -0.4 is 0 Å². The van der Waals surface area contributed by atoms with Crippen molar-refractivity contribution in [2.24, 2.45) is 0 Å². The zero-order valence-corrected chi connectivity index (χ0v) is 11.8. The van der Waals surface area contributed by atoms with E-state index in [0.717, 1.165) is 11.1 Å². The van der Waals surface area contributed by atoms with Crippen LogP contribution in [0.4, 0.5) is 0 Å². The molecule has 0 spiro atoms. The molecule has 106 valence electrons. The summed E-state index contributed by atoms with van der Waals surface area (Å²) < 4.78 is 5.20. The third kappa shape index (κ3) is 4.42. The molecule has 0 saturated heterocycles. The van der Waals surface area contributed by atoms with Crippen molar-refractivity contribution in [2.45, 2.75) is 13.5 Å².